The number of amides is 1. The Bertz CT molecular complexity index is 907. The number of carbonyl (C=O) groups is 1. The number of rotatable bonds is 3. The van der Waals surface area contributed by atoms with E-state index in [1.807, 2.05) is 35.1 Å². The van der Waals surface area contributed by atoms with Crippen LogP contribution in [0.1, 0.15) is 31.7 Å². The number of hydrogen-bond acceptors (Lipinski definition) is 4. The molecule has 1 saturated carbocycles. The van der Waals surface area contributed by atoms with E-state index in [4.69, 9.17) is 5.11 Å². The topological polar surface area (TPSA) is 92.9 Å². The Hall–Kier alpha value is -2.96. The molecule has 0 radical (unpaired) electrons. The van der Waals surface area contributed by atoms with Crippen molar-refractivity contribution in [3.63, 3.8) is 0 Å². The molecule has 128 valence electrons. The first-order valence-electron chi connectivity index (χ1n) is 8.45. The van der Waals surface area contributed by atoms with Crippen LogP contribution in [0, 0.1) is 0 Å². The fourth-order valence-corrected chi connectivity index (χ4v) is 3.48. The van der Waals surface area contributed by atoms with Crippen molar-refractivity contribution >= 4 is 17.1 Å². The lowest BCUT2D eigenvalue weighted by Gasteiger charge is -2.29. The molecule has 2 aromatic heterocycles. The number of benzene rings is 1. The van der Waals surface area contributed by atoms with Gasteiger partial charge in [-0.2, -0.15) is 5.10 Å². The number of para-hydroxylation sites is 2. The average Bonchev–Trinajstić information content (AvgIpc) is 3.11. The molecule has 2 N–H and O–H groups in total. The zero-order chi connectivity index (χ0) is 17.2. The van der Waals surface area contributed by atoms with Crippen LogP contribution in [0.3, 0.4) is 0 Å². The Morgan fingerprint density at radius 2 is 2.04 bits per heavy atom. The fraction of sp³-hybridized carbons (Fsp3) is 0.333. The fourth-order valence-electron chi connectivity index (χ4n) is 3.48. The summed E-state index contributed by atoms with van der Waals surface area (Å²) in [6, 6.07) is 7.96. The Kier molecular flexibility index (Phi) is 4.05. The van der Waals surface area contributed by atoms with Crippen LogP contribution < -0.4 is 5.32 Å². The van der Waals surface area contributed by atoms with E-state index in [9.17, 15) is 4.79 Å². The molecule has 7 nitrogen and oxygen atoms in total. The quantitative estimate of drug-likeness (QED) is 0.765. The highest BCUT2D eigenvalue weighted by Gasteiger charge is 2.25. The molecule has 2 atom stereocenters. The third-order valence-electron chi connectivity index (χ3n) is 4.69. The minimum atomic E-state index is -0.960. The van der Waals surface area contributed by atoms with E-state index in [1.165, 1.54) is 0 Å². The van der Waals surface area contributed by atoms with Crippen molar-refractivity contribution in [2.75, 3.05) is 0 Å². The maximum absolute atomic E-state index is 10.9. The molecule has 1 fully saturated rings. The summed E-state index contributed by atoms with van der Waals surface area (Å²) >= 11 is 0. The summed E-state index contributed by atoms with van der Waals surface area (Å²) < 4.78 is 1.93. The maximum atomic E-state index is 10.9. The van der Waals surface area contributed by atoms with Crippen molar-refractivity contribution in [2.45, 2.75) is 37.8 Å². The van der Waals surface area contributed by atoms with Crippen LogP contribution in [0.5, 0.6) is 0 Å². The van der Waals surface area contributed by atoms with Crippen molar-refractivity contribution in [1.29, 1.82) is 0 Å². The molecule has 0 spiro atoms. The number of carboxylic acid groups (broad SMARTS) is 1. The Morgan fingerprint density at radius 3 is 2.88 bits per heavy atom. The summed E-state index contributed by atoms with van der Waals surface area (Å²) in [5.41, 5.74) is 3.44. The van der Waals surface area contributed by atoms with Crippen molar-refractivity contribution in [3.8, 4) is 11.3 Å². The first kappa shape index (κ1) is 15.6. The summed E-state index contributed by atoms with van der Waals surface area (Å²) in [7, 11) is 0. The maximum Gasteiger partial charge on any atom is 0.404 e. The lowest BCUT2D eigenvalue weighted by atomic mass is 9.91. The van der Waals surface area contributed by atoms with Crippen molar-refractivity contribution in [3.05, 3.63) is 42.9 Å². The van der Waals surface area contributed by atoms with Gasteiger partial charge >= 0.3 is 6.09 Å². The third kappa shape index (κ3) is 3.31. The van der Waals surface area contributed by atoms with Gasteiger partial charge in [0.1, 0.15) is 0 Å². The van der Waals surface area contributed by atoms with Gasteiger partial charge in [0.2, 0.25) is 0 Å². The van der Waals surface area contributed by atoms with E-state index in [0.717, 1.165) is 48.0 Å². The van der Waals surface area contributed by atoms with Gasteiger partial charge in [0.25, 0.3) is 0 Å². The highest BCUT2D eigenvalue weighted by molar-refractivity contribution is 5.76. The van der Waals surface area contributed by atoms with Gasteiger partial charge in [0.15, 0.2) is 0 Å². The molecule has 2 unspecified atom stereocenters. The van der Waals surface area contributed by atoms with Crippen LogP contribution in [-0.4, -0.2) is 37.0 Å². The lowest BCUT2D eigenvalue weighted by Crippen LogP contribution is -2.38. The van der Waals surface area contributed by atoms with Gasteiger partial charge in [0, 0.05) is 17.8 Å². The summed E-state index contributed by atoms with van der Waals surface area (Å²) in [5.74, 6) is 0. The molecule has 0 bridgehead atoms. The molecule has 25 heavy (non-hydrogen) atoms. The van der Waals surface area contributed by atoms with Crippen LogP contribution in [0.2, 0.25) is 0 Å². The second-order valence-corrected chi connectivity index (χ2v) is 6.42. The Morgan fingerprint density at radius 1 is 1.20 bits per heavy atom. The summed E-state index contributed by atoms with van der Waals surface area (Å²) in [6.07, 6.45) is 8.21. The van der Waals surface area contributed by atoms with Crippen LogP contribution in [-0.2, 0) is 0 Å². The molecular formula is C18H19N5O2. The van der Waals surface area contributed by atoms with Crippen molar-refractivity contribution < 1.29 is 9.90 Å². The smallest absolute Gasteiger partial charge is 0.404 e. The summed E-state index contributed by atoms with van der Waals surface area (Å²) in [6.45, 7) is 0. The van der Waals surface area contributed by atoms with Crippen LogP contribution in [0.15, 0.2) is 42.9 Å². The largest absolute Gasteiger partial charge is 0.465 e. The van der Waals surface area contributed by atoms with Gasteiger partial charge in [-0.05, 0) is 37.8 Å². The normalized spacial score (nSPS) is 20.5. The Labute approximate surface area is 144 Å². The predicted molar refractivity (Wildman–Crippen MR) is 93.2 cm³/mol. The second kappa shape index (κ2) is 6.51. The summed E-state index contributed by atoms with van der Waals surface area (Å²) in [4.78, 5) is 20.0. The van der Waals surface area contributed by atoms with E-state index in [-0.39, 0.29) is 12.1 Å². The number of fused-ring (bicyclic) bond motifs is 1. The molecule has 2 heterocycles. The number of nitrogens with one attached hydrogen (secondary N) is 1. The first-order valence-corrected chi connectivity index (χ1v) is 8.45. The van der Waals surface area contributed by atoms with E-state index in [1.54, 1.807) is 12.4 Å². The molecule has 1 aromatic carbocycles. The van der Waals surface area contributed by atoms with Crippen LogP contribution >= 0.6 is 0 Å². The van der Waals surface area contributed by atoms with Gasteiger partial charge in [-0.25, -0.2) is 9.78 Å². The zero-order valence-corrected chi connectivity index (χ0v) is 13.7. The number of hydrogen-bond donors (Lipinski definition) is 2. The van der Waals surface area contributed by atoms with E-state index >= 15 is 0 Å². The molecule has 0 aliphatic heterocycles. The van der Waals surface area contributed by atoms with Gasteiger partial charge in [-0.3, -0.25) is 9.67 Å². The minimum absolute atomic E-state index is 0.00985. The molecule has 1 amide bonds. The van der Waals surface area contributed by atoms with Crippen molar-refractivity contribution in [1.82, 2.24) is 25.1 Å². The monoisotopic (exact) mass is 337 g/mol. The van der Waals surface area contributed by atoms with Gasteiger partial charge < -0.3 is 10.4 Å². The molecular weight excluding hydrogens is 318 g/mol. The molecule has 7 heteroatoms. The van der Waals surface area contributed by atoms with E-state index in [2.05, 4.69) is 20.4 Å². The highest BCUT2D eigenvalue weighted by Crippen LogP contribution is 2.29. The standard InChI is InChI=1S/C18H19N5O2/c24-18(25)21-13-4-3-5-14(8-13)23-11-12(9-20-23)17-10-19-15-6-1-2-7-16(15)22-17/h1-2,6-7,9-11,13-14,21H,3-5,8H2,(H,24,25). The summed E-state index contributed by atoms with van der Waals surface area (Å²) in [5, 5.41) is 16.0. The minimum Gasteiger partial charge on any atom is -0.465 e. The predicted octanol–water partition coefficient (Wildman–Crippen LogP) is 3.24. The Balaban J connectivity index is 1.55. The van der Waals surface area contributed by atoms with Crippen LogP contribution in [0.25, 0.3) is 22.3 Å². The van der Waals surface area contributed by atoms with Crippen LogP contribution in [0.4, 0.5) is 4.79 Å². The molecule has 3 aromatic rings. The highest BCUT2D eigenvalue weighted by atomic mass is 16.4. The molecule has 0 saturated heterocycles. The molecule has 1 aliphatic carbocycles. The number of aromatic nitrogens is 4. The van der Waals surface area contributed by atoms with Gasteiger partial charge in [0.05, 0.1) is 35.2 Å². The van der Waals surface area contributed by atoms with Gasteiger partial charge in [-0.1, -0.05) is 12.1 Å². The van der Waals surface area contributed by atoms with E-state index in [0.29, 0.717) is 0 Å². The first-order chi connectivity index (χ1) is 12.2. The lowest BCUT2D eigenvalue weighted by molar-refractivity contribution is 0.180. The number of nitrogens with zero attached hydrogens (tertiary/aromatic N) is 4. The average molecular weight is 337 g/mol. The molecule has 4 rings (SSSR count). The van der Waals surface area contributed by atoms with Gasteiger partial charge in [-0.15, -0.1) is 0 Å². The SMILES string of the molecule is O=C(O)NC1CCCC(n2cc(-c3cnc4ccccc4n3)cn2)C1. The second-order valence-electron chi connectivity index (χ2n) is 6.42. The molecule has 1 aliphatic rings. The van der Waals surface area contributed by atoms with E-state index < -0.39 is 6.09 Å². The zero-order valence-electron chi connectivity index (χ0n) is 13.7. The van der Waals surface area contributed by atoms with Crippen molar-refractivity contribution in [2.24, 2.45) is 0 Å². The third-order valence-corrected chi connectivity index (χ3v) is 4.69.